The molecule has 3 nitrogen and oxygen atoms in total. The second kappa shape index (κ2) is 6.21. The first kappa shape index (κ1) is 13.4. The summed E-state index contributed by atoms with van der Waals surface area (Å²) in [7, 11) is 1.67. The maximum atomic E-state index is 11.1. The largest absolute Gasteiger partial charge is 0.359 e. The Bertz CT molecular complexity index is 416. The fraction of sp³-hybridized carbons (Fsp3) is 0.500. The maximum absolute atomic E-state index is 11.1. The molecule has 98 valence electrons. The van der Waals surface area contributed by atoms with Gasteiger partial charge in [0.15, 0.2) is 0 Å². The van der Waals surface area contributed by atoms with E-state index in [-0.39, 0.29) is 5.91 Å². The zero-order valence-electron chi connectivity index (χ0n) is 10.6. The second-order valence-corrected chi connectivity index (χ2v) is 5.23. The number of hydrogen-bond donors (Lipinski definition) is 2. The van der Waals surface area contributed by atoms with Gasteiger partial charge in [0.25, 0.3) is 0 Å². The van der Waals surface area contributed by atoms with E-state index in [1.54, 1.807) is 7.05 Å². The quantitative estimate of drug-likeness (QED) is 0.859. The number of halogens is 1. The van der Waals surface area contributed by atoms with Gasteiger partial charge in [0.1, 0.15) is 0 Å². The van der Waals surface area contributed by atoms with E-state index in [9.17, 15) is 4.79 Å². The lowest BCUT2D eigenvalue weighted by Crippen LogP contribution is -2.41. The van der Waals surface area contributed by atoms with Crippen LogP contribution in [0.1, 0.15) is 30.7 Å². The Labute approximate surface area is 113 Å². The minimum Gasteiger partial charge on any atom is -0.359 e. The van der Waals surface area contributed by atoms with Crippen LogP contribution in [0.2, 0.25) is 5.02 Å². The number of carbonyl (C=O) groups excluding carboxylic acids is 1. The summed E-state index contributed by atoms with van der Waals surface area (Å²) in [6.45, 7) is 0.757. The van der Waals surface area contributed by atoms with Crippen molar-refractivity contribution in [3.05, 3.63) is 34.9 Å². The van der Waals surface area contributed by atoms with E-state index in [4.69, 9.17) is 11.6 Å². The minimum absolute atomic E-state index is 0.0909. The topological polar surface area (TPSA) is 41.1 Å². The van der Waals surface area contributed by atoms with Crippen molar-refractivity contribution in [3.63, 3.8) is 0 Å². The Balaban J connectivity index is 1.69. The van der Waals surface area contributed by atoms with Crippen LogP contribution >= 0.6 is 11.6 Å². The predicted octanol–water partition coefficient (Wildman–Crippen LogP) is 2.31. The summed E-state index contributed by atoms with van der Waals surface area (Å²) >= 11 is 5.98. The Morgan fingerprint density at radius 2 is 2.22 bits per heavy atom. The van der Waals surface area contributed by atoms with Gasteiger partial charge in [0.2, 0.25) is 5.91 Å². The van der Waals surface area contributed by atoms with E-state index in [0.717, 1.165) is 24.4 Å². The molecule has 1 saturated carbocycles. The zero-order chi connectivity index (χ0) is 13.0. The normalized spacial score (nSPS) is 22.3. The average molecular weight is 267 g/mol. The van der Waals surface area contributed by atoms with Crippen molar-refractivity contribution in [2.24, 2.45) is 0 Å². The summed E-state index contributed by atoms with van der Waals surface area (Å²) in [4.78, 5) is 11.1. The van der Waals surface area contributed by atoms with Gasteiger partial charge in [-0.25, -0.2) is 0 Å². The van der Waals surface area contributed by atoms with Crippen molar-refractivity contribution in [3.8, 4) is 0 Å². The van der Waals surface area contributed by atoms with E-state index >= 15 is 0 Å². The molecule has 1 aliphatic carbocycles. The van der Waals surface area contributed by atoms with Crippen LogP contribution in [0.25, 0.3) is 0 Å². The SMILES string of the molecule is CNC(=O)CCNC1CC(c2cccc(Cl)c2)C1. The van der Waals surface area contributed by atoms with E-state index in [1.165, 1.54) is 5.56 Å². The molecule has 4 heteroatoms. The van der Waals surface area contributed by atoms with Crippen LogP contribution in [0, 0.1) is 0 Å². The average Bonchev–Trinajstić information content (AvgIpc) is 2.31. The lowest BCUT2D eigenvalue weighted by atomic mass is 9.76. The summed E-state index contributed by atoms with van der Waals surface area (Å²) in [6.07, 6.45) is 2.82. The molecular formula is C14H19ClN2O. The number of amides is 1. The Hall–Kier alpha value is -1.06. The van der Waals surface area contributed by atoms with E-state index in [0.29, 0.717) is 18.4 Å². The number of benzene rings is 1. The van der Waals surface area contributed by atoms with Crippen molar-refractivity contribution < 1.29 is 4.79 Å². The molecule has 0 unspecified atom stereocenters. The Kier molecular flexibility index (Phi) is 4.61. The number of nitrogens with one attached hydrogen (secondary N) is 2. The van der Waals surface area contributed by atoms with Crippen molar-refractivity contribution in [2.75, 3.05) is 13.6 Å². The molecule has 0 aliphatic heterocycles. The molecule has 1 aromatic carbocycles. The highest BCUT2D eigenvalue weighted by Gasteiger charge is 2.29. The van der Waals surface area contributed by atoms with Crippen molar-refractivity contribution >= 4 is 17.5 Å². The van der Waals surface area contributed by atoms with Crippen LogP contribution in [0.3, 0.4) is 0 Å². The van der Waals surface area contributed by atoms with Crippen LogP contribution < -0.4 is 10.6 Å². The maximum Gasteiger partial charge on any atom is 0.221 e. The van der Waals surface area contributed by atoms with Gasteiger partial charge in [-0.15, -0.1) is 0 Å². The molecule has 0 radical (unpaired) electrons. The summed E-state index contributed by atoms with van der Waals surface area (Å²) < 4.78 is 0. The van der Waals surface area contributed by atoms with Crippen molar-refractivity contribution in [1.29, 1.82) is 0 Å². The molecule has 0 heterocycles. The van der Waals surface area contributed by atoms with Crippen molar-refractivity contribution in [1.82, 2.24) is 10.6 Å². The molecule has 0 aromatic heterocycles. The van der Waals surface area contributed by atoms with Crippen LogP contribution in [0.5, 0.6) is 0 Å². The third kappa shape index (κ3) is 3.47. The smallest absolute Gasteiger partial charge is 0.221 e. The molecule has 1 fully saturated rings. The van der Waals surface area contributed by atoms with Crippen LogP contribution in [-0.4, -0.2) is 25.5 Å². The first-order valence-electron chi connectivity index (χ1n) is 6.38. The standard InChI is InChI=1S/C14H19ClN2O/c1-16-14(18)5-6-17-13-8-11(9-13)10-3-2-4-12(15)7-10/h2-4,7,11,13,17H,5-6,8-9H2,1H3,(H,16,18). The van der Waals surface area contributed by atoms with Gasteiger partial charge < -0.3 is 10.6 Å². The fourth-order valence-electron chi connectivity index (χ4n) is 2.33. The molecule has 1 aliphatic rings. The molecule has 0 spiro atoms. The van der Waals surface area contributed by atoms with Crippen LogP contribution in [0.15, 0.2) is 24.3 Å². The highest BCUT2D eigenvalue weighted by atomic mass is 35.5. The van der Waals surface area contributed by atoms with Gasteiger partial charge in [0.05, 0.1) is 0 Å². The lowest BCUT2D eigenvalue weighted by Gasteiger charge is -2.36. The molecule has 2 rings (SSSR count). The molecule has 0 atom stereocenters. The first-order chi connectivity index (χ1) is 8.69. The summed E-state index contributed by atoms with van der Waals surface area (Å²) in [5.41, 5.74) is 1.33. The lowest BCUT2D eigenvalue weighted by molar-refractivity contribution is -0.120. The molecular weight excluding hydrogens is 248 g/mol. The minimum atomic E-state index is 0.0909. The zero-order valence-corrected chi connectivity index (χ0v) is 11.3. The van der Waals surface area contributed by atoms with Crippen LogP contribution in [0.4, 0.5) is 0 Å². The fourth-order valence-corrected chi connectivity index (χ4v) is 2.53. The molecule has 0 saturated heterocycles. The predicted molar refractivity (Wildman–Crippen MR) is 73.9 cm³/mol. The third-order valence-corrected chi connectivity index (χ3v) is 3.76. The summed E-state index contributed by atoms with van der Waals surface area (Å²) in [5.74, 6) is 0.703. The van der Waals surface area contributed by atoms with E-state index in [2.05, 4.69) is 16.7 Å². The Morgan fingerprint density at radius 3 is 2.89 bits per heavy atom. The highest BCUT2D eigenvalue weighted by molar-refractivity contribution is 6.30. The number of carbonyl (C=O) groups is 1. The van der Waals surface area contributed by atoms with Crippen LogP contribution in [-0.2, 0) is 4.79 Å². The van der Waals surface area contributed by atoms with Gasteiger partial charge in [0, 0.05) is 31.1 Å². The summed E-state index contributed by atoms with van der Waals surface area (Å²) in [5, 5.41) is 6.84. The van der Waals surface area contributed by atoms with E-state index in [1.807, 2.05) is 18.2 Å². The van der Waals surface area contributed by atoms with E-state index < -0.39 is 0 Å². The molecule has 2 N–H and O–H groups in total. The number of rotatable bonds is 5. The van der Waals surface area contributed by atoms with Gasteiger partial charge in [-0.2, -0.15) is 0 Å². The monoisotopic (exact) mass is 266 g/mol. The van der Waals surface area contributed by atoms with Gasteiger partial charge in [-0.3, -0.25) is 4.79 Å². The molecule has 18 heavy (non-hydrogen) atoms. The van der Waals surface area contributed by atoms with Gasteiger partial charge in [-0.1, -0.05) is 23.7 Å². The highest BCUT2D eigenvalue weighted by Crippen LogP contribution is 2.37. The Morgan fingerprint density at radius 1 is 1.44 bits per heavy atom. The molecule has 1 amide bonds. The van der Waals surface area contributed by atoms with Gasteiger partial charge >= 0.3 is 0 Å². The summed E-state index contributed by atoms with van der Waals surface area (Å²) in [6, 6.07) is 8.63. The second-order valence-electron chi connectivity index (χ2n) is 4.80. The third-order valence-electron chi connectivity index (χ3n) is 3.52. The molecule has 1 aromatic rings. The van der Waals surface area contributed by atoms with Gasteiger partial charge in [-0.05, 0) is 36.5 Å². The first-order valence-corrected chi connectivity index (χ1v) is 6.76. The molecule has 0 bridgehead atoms. The number of hydrogen-bond acceptors (Lipinski definition) is 2. The van der Waals surface area contributed by atoms with Crippen molar-refractivity contribution in [2.45, 2.75) is 31.2 Å².